The van der Waals surface area contributed by atoms with E-state index >= 15 is 0 Å². The monoisotopic (exact) mass is 334 g/mol. The average Bonchev–Trinajstić information content (AvgIpc) is 2.54. The van der Waals surface area contributed by atoms with E-state index in [4.69, 9.17) is 10.5 Å². The Morgan fingerprint density at radius 3 is 2.30 bits per heavy atom. The standard InChI is InChI=1S/C17H22N2O3S/c1-2-3-14-4-8-16(9-5-14)22-13-12-19-23(20,21)17-10-6-15(18)7-11-17/h4-11,19H,2-3,12-13,18H2,1H3. The van der Waals surface area contributed by atoms with Crippen molar-refractivity contribution in [3.63, 3.8) is 0 Å². The van der Waals surface area contributed by atoms with Crippen LogP contribution >= 0.6 is 0 Å². The Bertz CT molecular complexity index is 711. The fourth-order valence-corrected chi connectivity index (χ4v) is 3.13. The normalized spacial score (nSPS) is 11.3. The highest BCUT2D eigenvalue weighted by molar-refractivity contribution is 7.89. The largest absolute Gasteiger partial charge is 0.492 e. The molecule has 0 spiro atoms. The molecular formula is C17H22N2O3S. The molecule has 5 nitrogen and oxygen atoms in total. The molecule has 0 aromatic heterocycles. The minimum Gasteiger partial charge on any atom is -0.492 e. The number of nitrogens with two attached hydrogens (primary N) is 1. The summed E-state index contributed by atoms with van der Waals surface area (Å²) in [6.07, 6.45) is 2.15. The summed E-state index contributed by atoms with van der Waals surface area (Å²) < 4.78 is 32.2. The van der Waals surface area contributed by atoms with Gasteiger partial charge in [0.1, 0.15) is 12.4 Å². The van der Waals surface area contributed by atoms with E-state index in [1.807, 2.05) is 24.3 Å². The van der Waals surface area contributed by atoms with Gasteiger partial charge in [-0.25, -0.2) is 13.1 Å². The zero-order valence-corrected chi connectivity index (χ0v) is 14.0. The fourth-order valence-electron chi connectivity index (χ4n) is 2.12. The minimum absolute atomic E-state index is 0.190. The molecule has 0 atom stereocenters. The Morgan fingerprint density at radius 2 is 1.70 bits per heavy atom. The first-order valence-electron chi connectivity index (χ1n) is 7.58. The summed E-state index contributed by atoms with van der Waals surface area (Å²) in [6, 6.07) is 13.9. The van der Waals surface area contributed by atoms with Crippen LogP contribution in [0, 0.1) is 0 Å². The van der Waals surface area contributed by atoms with Crippen LogP contribution in [-0.2, 0) is 16.4 Å². The molecule has 23 heavy (non-hydrogen) atoms. The summed E-state index contributed by atoms with van der Waals surface area (Å²) in [5, 5.41) is 0. The van der Waals surface area contributed by atoms with E-state index in [2.05, 4.69) is 11.6 Å². The number of sulfonamides is 1. The van der Waals surface area contributed by atoms with Crippen molar-refractivity contribution in [2.24, 2.45) is 0 Å². The zero-order valence-electron chi connectivity index (χ0n) is 13.2. The van der Waals surface area contributed by atoms with Crippen LogP contribution in [0.3, 0.4) is 0 Å². The van der Waals surface area contributed by atoms with Gasteiger partial charge in [0.2, 0.25) is 10.0 Å². The number of nitrogen functional groups attached to an aromatic ring is 1. The molecule has 6 heteroatoms. The topological polar surface area (TPSA) is 81.4 Å². The van der Waals surface area contributed by atoms with Gasteiger partial charge in [0.05, 0.1) is 4.90 Å². The molecule has 0 amide bonds. The molecule has 0 unspecified atom stereocenters. The van der Waals surface area contributed by atoms with Crippen LogP contribution in [0.25, 0.3) is 0 Å². The fraction of sp³-hybridized carbons (Fsp3) is 0.294. The number of rotatable bonds is 8. The van der Waals surface area contributed by atoms with Crippen LogP contribution in [0.1, 0.15) is 18.9 Å². The Balaban J connectivity index is 1.81. The Morgan fingerprint density at radius 1 is 1.04 bits per heavy atom. The summed E-state index contributed by atoms with van der Waals surface area (Å²) in [7, 11) is -3.53. The third-order valence-corrected chi connectivity index (χ3v) is 4.79. The highest BCUT2D eigenvalue weighted by Crippen LogP contribution is 2.14. The Hall–Kier alpha value is -2.05. The van der Waals surface area contributed by atoms with E-state index in [1.165, 1.54) is 17.7 Å². The highest BCUT2D eigenvalue weighted by atomic mass is 32.2. The van der Waals surface area contributed by atoms with Gasteiger partial charge in [-0.1, -0.05) is 25.5 Å². The Kier molecular flexibility index (Phi) is 6.01. The van der Waals surface area contributed by atoms with E-state index in [0.717, 1.165) is 18.6 Å². The molecule has 0 heterocycles. The van der Waals surface area contributed by atoms with Crippen molar-refractivity contribution >= 4 is 15.7 Å². The van der Waals surface area contributed by atoms with Crippen molar-refractivity contribution in [2.75, 3.05) is 18.9 Å². The van der Waals surface area contributed by atoms with E-state index in [9.17, 15) is 8.42 Å². The summed E-state index contributed by atoms with van der Waals surface area (Å²) in [5.41, 5.74) is 7.34. The molecule has 0 aliphatic heterocycles. The first-order valence-corrected chi connectivity index (χ1v) is 9.06. The van der Waals surface area contributed by atoms with Gasteiger partial charge in [0, 0.05) is 12.2 Å². The van der Waals surface area contributed by atoms with Crippen molar-refractivity contribution in [1.82, 2.24) is 4.72 Å². The smallest absolute Gasteiger partial charge is 0.240 e. The number of benzene rings is 2. The zero-order chi connectivity index (χ0) is 16.7. The van der Waals surface area contributed by atoms with E-state index < -0.39 is 10.0 Å². The second-order valence-electron chi connectivity index (χ2n) is 5.21. The Labute approximate surface area is 137 Å². The minimum atomic E-state index is -3.53. The maximum absolute atomic E-state index is 12.1. The molecule has 0 aliphatic rings. The van der Waals surface area contributed by atoms with Crippen molar-refractivity contribution < 1.29 is 13.2 Å². The SMILES string of the molecule is CCCc1ccc(OCCNS(=O)(=O)c2ccc(N)cc2)cc1. The van der Waals surface area contributed by atoms with Gasteiger partial charge in [-0.3, -0.25) is 0 Å². The lowest BCUT2D eigenvalue weighted by Crippen LogP contribution is -2.28. The van der Waals surface area contributed by atoms with Crippen LogP contribution in [0.2, 0.25) is 0 Å². The van der Waals surface area contributed by atoms with Crippen molar-refractivity contribution in [3.8, 4) is 5.75 Å². The van der Waals surface area contributed by atoms with E-state index in [-0.39, 0.29) is 18.0 Å². The maximum Gasteiger partial charge on any atom is 0.240 e. The molecule has 0 saturated carbocycles. The first-order chi connectivity index (χ1) is 11.0. The molecule has 0 fully saturated rings. The van der Waals surface area contributed by atoms with Crippen molar-refractivity contribution in [2.45, 2.75) is 24.7 Å². The molecular weight excluding hydrogens is 312 g/mol. The van der Waals surface area contributed by atoms with Crippen molar-refractivity contribution in [1.29, 1.82) is 0 Å². The lowest BCUT2D eigenvalue weighted by Gasteiger charge is -2.09. The molecule has 2 aromatic carbocycles. The van der Waals surface area contributed by atoms with E-state index in [1.54, 1.807) is 12.1 Å². The van der Waals surface area contributed by atoms with Crippen LogP contribution < -0.4 is 15.2 Å². The van der Waals surface area contributed by atoms with Crippen LogP contribution in [0.4, 0.5) is 5.69 Å². The lowest BCUT2D eigenvalue weighted by molar-refractivity contribution is 0.322. The van der Waals surface area contributed by atoms with Gasteiger partial charge < -0.3 is 10.5 Å². The van der Waals surface area contributed by atoms with Crippen molar-refractivity contribution in [3.05, 3.63) is 54.1 Å². The van der Waals surface area contributed by atoms with Gasteiger partial charge in [0.15, 0.2) is 0 Å². The molecule has 124 valence electrons. The van der Waals surface area contributed by atoms with Crippen LogP contribution in [0.5, 0.6) is 5.75 Å². The van der Waals surface area contributed by atoms with Gasteiger partial charge in [0.25, 0.3) is 0 Å². The summed E-state index contributed by atoms with van der Waals surface area (Å²) >= 11 is 0. The number of anilines is 1. The molecule has 0 radical (unpaired) electrons. The summed E-state index contributed by atoms with van der Waals surface area (Å²) in [4.78, 5) is 0.190. The molecule has 0 bridgehead atoms. The third kappa shape index (κ3) is 5.26. The molecule has 2 aromatic rings. The predicted octanol–water partition coefficient (Wildman–Crippen LogP) is 2.58. The second kappa shape index (κ2) is 7.99. The van der Waals surface area contributed by atoms with Gasteiger partial charge in [-0.15, -0.1) is 0 Å². The average molecular weight is 334 g/mol. The van der Waals surface area contributed by atoms with E-state index in [0.29, 0.717) is 5.69 Å². The van der Waals surface area contributed by atoms with Gasteiger partial charge >= 0.3 is 0 Å². The number of ether oxygens (including phenoxy) is 1. The quantitative estimate of drug-likeness (QED) is 0.574. The molecule has 2 rings (SSSR count). The predicted molar refractivity (Wildman–Crippen MR) is 92.0 cm³/mol. The maximum atomic E-state index is 12.1. The van der Waals surface area contributed by atoms with Crippen LogP contribution in [-0.4, -0.2) is 21.6 Å². The summed E-state index contributed by atoms with van der Waals surface area (Å²) in [6.45, 7) is 2.60. The lowest BCUT2D eigenvalue weighted by atomic mass is 10.1. The molecule has 3 N–H and O–H groups in total. The highest BCUT2D eigenvalue weighted by Gasteiger charge is 2.12. The molecule has 0 aliphatic carbocycles. The summed E-state index contributed by atoms with van der Waals surface area (Å²) in [5.74, 6) is 0.733. The first kappa shape index (κ1) is 17.3. The second-order valence-corrected chi connectivity index (χ2v) is 6.98. The van der Waals surface area contributed by atoms with Gasteiger partial charge in [-0.05, 0) is 48.4 Å². The van der Waals surface area contributed by atoms with Crippen LogP contribution in [0.15, 0.2) is 53.4 Å². The third-order valence-electron chi connectivity index (χ3n) is 3.32. The molecule has 0 saturated heterocycles. The number of hydrogen-bond donors (Lipinski definition) is 2. The number of aryl methyl sites for hydroxylation is 1. The van der Waals surface area contributed by atoms with Gasteiger partial charge in [-0.2, -0.15) is 0 Å². The number of hydrogen-bond acceptors (Lipinski definition) is 4. The number of nitrogens with one attached hydrogen (secondary N) is 1.